The van der Waals surface area contributed by atoms with Crippen molar-refractivity contribution in [3.63, 3.8) is 0 Å². The lowest BCUT2D eigenvalue weighted by Gasteiger charge is -2.31. The van der Waals surface area contributed by atoms with Crippen LogP contribution in [-0.4, -0.2) is 26.0 Å². The Hall–Kier alpha value is -3.40. The quantitative estimate of drug-likeness (QED) is 0.363. The minimum absolute atomic E-state index is 0.320. The molecule has 5 rings (SSSR count). The topological polar surface area (TPSA) is 83.1 Å². The molecule has 4 aromatic rings. The lowest BCUT2D eigenvalue weighted by molar-refractivity contribution is 0.0904. The van der Waals surface area contributed by atoms with Gasteiger partial charge in [-0.3, -0.25) is 4.79 Å². The van der Waals surface area contributed by atoms with Crippen LogP contribution in [0.25, 0.3) is 28.0 Å². The maximum absolute atomic E-state index is 13.3. The van der Waals surface area contributed by atoms with Gasteiger partial charge in [0.05, 0.1) is 18.0 Å². The molecule has 0 radical (unpaired) electrons. The Balaban J connectivity index is 1.65. The van der Waals surface area contributed by atoms with Gasteiger partial charge in [0.2, 0.25) is 0 Å². The van der Waals surface area contributed by atoms with Gasteiger partial charge in [0.25, 0.3) is 5.91 Å². The van der Waals surface area contributed by atoms with E-state index in [-0.39, 0.29) is 5.91 Å². The van der Waals surface area contributed by atoms with E-state index in [1.54, 1.807) is 22.8 Å². The van der Waals surface area contributed by atoms with Gasteiger partial charge in [0.15, 0.2) is 5.65 Å². The number of carbonyl (C=O) groups excluding carboxylic acids is 1. The number of rotatable bonds is 4. The van der Waals surface area contributed by atoms with E-state index in [1.165, 1.54) is 6.20 Å². The Morgan fingerprint density at radius 1 is 1.00 bits per heavy atom. The van der Waals surface area contributed by atoms with Crippen molar-refractivity contribution in [1.82, 2.24) is 19.9 Å². The monoisotopic (exact) mass is 489 g/mol. The fourth-order valence-corrected chi connectivity index (χ4v) is 4.92. The number of nitrogens with one attached hydrogen (secondary N) is 1. The van der Waals surface area contributed by atoms with Crippen LogP contribution in [-0.2, 0) is 0 Å². The molecule has 0 saturated heterocycles. The second-order valence-electron chi connectivity index (χ2n) is 8.51. The lowest BCUT2D eigenvalue weighted by atomic mass is 9.82. The van der Waals surface area contributed by atoms with Gasteiger partial charge in [-0.1, -0.05) is 72.8 Å². The molecule has 6 nitrogen and oxygen atoms in total. The largest absolute Gasteiger partial charge is 0.334 e. The van der Waals surface area contributed by atoms with Crippen LogP contribution in [0.1, 0.15) is 42.5 Å². The van der Waals surface area contributed by atoms with Gasteiger partial charge >= 0.3 is 0 Å². The SMILES string of the molecule is N#CC1(NC(=O)c2cnn3c(-c4ccc(Cl)cc4)c(-c4ccccc4Cl)cnc23)CCCCC1. The molecule has 0 spiro atoms. The first-order chi connectivity index (χ1) is 16.5. The highest BCUT2D eigenvalue weighted by Gasteiger charge is 2.35. The Bertz CT molecular complexity index is 1420. The lowest BCUT2D eigenvalue weighted by Crippen LogP contribution is -2.48. The first-order valence-corrected chi connectivity index (χ1v) is 11.9. The molecule has 1 N–H and O–H groups in total. The van der Waals surface area contributed by atoms with Gasteiger partial charge in [-0.25, -0.2) is 9.50 Å². The average Bonchev–Trinajstić information content (AvgIpc) is 3.29. The number of fused-ring (bicyclic) bond motifs is 1. The summed E-state index contributed by atoms with van der Waals surface area (Å²) in [7, 11) is 0. The number of amides is 1. The molecule has 0 atom stereocenters. The maximum Gasteiger partial charge on any atom is 0.258 e. The third-order valence-corrected chi connectivity index (χ3v) is 6.91. The minimum Gasteiger partial charge on any atom is -0.334 e. The predicted octanol–water partition coefficient (Wildman–Crippen LogP) is 6.33. The van der Waals surface area contributed by atoms with Crippen molar-refractivity contribution in [1.29, 1.82) is 5.26 Å². The van der Waals surface area contributed by atoms with Crippen LogP contribution in [0.5, 0.6) is 0 Å². The zero-order chi connectivity index (χ0) is 23.7. The van der Waals surface area contributed by atoms with Crippen molar-refractivity contribution in [3.05, 3.63) is 76.5 Å². The molecule has 1 saturated carbocycles. The van der Waals surface area contributed by atoms with E-state index in [0.717, 1.165) is 41.6 Å². The molecular weight excluding hydrogens is 469 g/mol. The van der Waals surface area contributed by atoms with Crippen molar-refractivity contribution < 1.29 is 4.79 Å². The second kappa shape index (κ2) is 9.09. The van der Waals surface area contributed by atoms with Gasteiger partial charge in [0, 0.05) is 32.9 Å². The predicted molar refractivity (Wildman–Crippen MR) is 133 cm³/mol. The molecule has 34 heavy (non-hydrogen) atoms. The Labute approximate surface area is 207 Å². The van der Waals surface area contributed by atoms with Crippen LogP contribution in [0, 0.1) is 11.3 Å². The summed E-state index contributed by atoms with van der Waals surface area (Å²) in [5.41, 5.74) is 3.04. The number of nitriles is 1. The molecule has 0 unspecified atom stereocenters. The third-order valence-electron chi connectivity index (χ3n) is 6.33. The van der Waals surface area contributed by atoms with E-state index in [0.29, 0.717) is 34.1 Å². The average molecular weight is 490 g/mol. The molecule has 1 amide bonds. The van der Waals surface area contributed by atoms with Crippen molar-refractivity contribution in [2.24, 2.45) is 0 Å². The number of hydrogen-bond donors (Lipinski definition) is 1. The van der Waals surface area contributed by atoms with Crippen molar-refractivity contribution in [2.45, 2.75) is 37.6 Å². The highest BCUT2D eigenvalue weighted by Crippen LogP contribution is 2.36. The summed E-state index contributed by atoms with van der Waals surface area (Å²) in [6.45, 7) is 0. The van der Waals surface area contributed by atoms with E-state index >= 15 is 0 Å². The number of nitrogens with zero attached hydrogens (tertiary/aromatic N) is 4. The van der Waals surface area contributed by atoms with Gasteiger partial charge in [-0.2, -0.15) is 10.4 Å². The van der Waals surface area contributed by atoms with Crippen LogP contribution in [0.4, 0.5) is 0 Å². The van der Waals surface area contributed by atoms with Gasteiger partial charge < -0.3 is 5.32 Å². The Morgan fingerprint density at radius 3 is 2.44 bits per heavy atom. The summed E-state index contributed by atoms with van der Waals surface area (Å²) in [5.74, 6) is -0.349. The molecule has 1 fully saturated rings. The Kier molecular flexibility index (Phi) is 5.99. The summed E-state index contributed by atoms with van der Waals surface area (Å²) < 4.78 is 1.65. The third kappa shape index (κ3) is 4.02. The molecule has 1 aliphatic rings. The van der Waals surface area contributed by atoms with Crippen LogP contribution in [0.15, 0.2) is 60.9 Å². The first kappa shape index (κ1) is 22.4. The molecule has 1 aliphatic carbocycles. The van der Waals surface area contributed by atoms with Crippen LogP contribution in [0.2, 0.25) is 10.0 Å². The smallest absolute Gasteiger partial charge is 0.258 e. The summed E-state index contributed by atoms with van der Waals surface area (Å²) in [6, 6.07) is 17.2. The molecule has 2 heterocycles. The summed E-state index contributed by atoms with van der Waals surface area (Å²) >= 11 is 12.6. The normalized spacial score (nSPS) is 15.1. The minimum atomic E-state index is -0.847. The van der Waals surface area contributed by atoms with Crippen molar-refractivity contribution in [2.75, 3.05) is 0 Å². The molecule has 8 heteroatoms. The molecule has 2 aromatic carbocycles. The van der Waals surface area contributed by atoms with E-state index in [2.05, 4.69) is 21.5 Å². The van der Waals surface area contributed by atoms with E-state index in [9.17, 15) is 10.1 Å². The van der Waals surface area contributed by atoms with Crippen molar-refractivity contribution >= 4 is 34.8 Å². The number of benzene rings is 2. The highest BCUT2D eigenvalue weighted by atomic mass is 35.5. The number of aromatic nitrogens is 3. The summed E-state index contributed by atoms with van der Waals surface area (Å²) in [6.07, 6.45) is 7.42. The number of halogens is 2. The molecule has 0 bridgehead atoms. The Morgan fingerprint density at radius 2 is 1.74 bits per heavy atom. The second-order valence-corrected chi connectivity index (χ2v) is 9.35. The summed E-state index contributed by atoms with van der Waals surface area (Å²) in [5, 5.41) is 18.5. The van der Waals surface area contributed by atoms with Gasteiger partial charge in [0.1, 0.15) is 11.1 Å². The number of hydrogen-bond acceptors (Lipinski definition) is 4. The fourth-order valence-electron chi connectivity index (χ4n) is 4.56. The maximum atomic E-state index is 13.3. The van der Waals surface area contributed by atoms with Crippen LogP contribution < -0.4 is 5.32 Å². The van der Waals surface area contributed by atoms with Gasteiger partial charge in [-0.05, 0) is 31.0 Å². The fraction of sp³-hybridized carbons (Fsp3) is 0.231. The zero-order valence-electron chi connectivity index (χ0n) is 18.3. The molecular formula is C26H21Cl2N5O. The van der Waals surface area contributed by atoms with Crippen LogP contribution in [0.3, 0.4) is 0 Å². The van der Waals surface area contributed by atoms with Crippen molar-refractivity contribution in [3.8, 4) is 28.5 Å². The molecule has 0 aliphatic heterocycles. The standard InChI is InChI=1S/C26H21Cl2N5O/c27-18-10-8-17(9-11-18)23-20(19-6-2-3-7-22(19)28)14-30-24-21(15-31-33(23)24)25(34)32-26(16-29)12-4-1-5-13-26/h2-3,6-11,14-15H,1,4-5,12-13H2,(H,32,34). The van der Waals surface area contributed by atoms with E-state index in [4.69, 9.17) is 23.2 Å². The zero-order valence-corrected chi connectivity index (χ0v) is 19.8. The molecule has 2 aromatic heterocycles. The van der Waals surface area contributed by atoms with Gasteiger partial charge in [-0.15, -0.1) is 0 Å². The van der Waals surface area contributed by atoms with E-state index in [1.807, 2.05) is 36.4 Å². The van der Waals surface area contributed by atoms with E-state index < -0.39 is 5.54 Å². The molecule has 170 valence electrons. The van der Waals surface area contributed by atoms with Crippen LogP contribution >= 0.6 is 23.2 Å². The first-order valence-electron chi connectivity index (χ1n) is 11.1. The summed E-state index contributed by atoms with van der Waals surface area (Å²) in [4.78, 5) is 17.9. The highest BCUT2D eigenvalue weighted by molar-refractivity contribution is 6.33. The number of carbonyl (C=O) groups is 1.